The molecule has 38 heavy (non-hydrogen) atoms. The van der Waals surface area contributed by atoms with E-state index in [-0.39, 0.29) is 17.5 Å². The molecule has 0 spiro atoms. The summed E-state index contributed by atoms with van der Waals surface area (Å²) in [4.78, 5) is 24.2. The highest BCUT2D eigenvalue weighted by molar-refractivity contribution is 5.82. The van der Waals surface area contributed by atoms with Gasteiger partial charge in [0.2, 0.25) is 0 Å². The highest BCUT2D eigenvalue weighted by Crippen LogP contribution is 2.26. The third kappa shape index (κ3) is 7.20. The number of nitrogens with two attached hydrogens (primary N) is 3. The molecule has 0 amide bonds. The van der Waals surface area contributed by atoms with Crippen LogP contribution in [0.15, 0.2) is 70.6 Å². The third-order valence-electron chi connectivity index (χ3n) is 5.86. The molecular formula is C27H33N9O2. The van der Waals surface area contributed by atoms with Gasteiger partial charge in [0.25, 0.3) is 0 Å². The first-order valence-electron chi connectivity index (χ1n) is 12.4. The molecule has 4 aromatic rings. The summed E-state index contributed by atoms with van der Waals surface area (Å²) >= 11 is 0. The number of ether oxygens (including phenoxy) is 1. The van der Waals surface area contributed by atoms with Crippen LogP contribution in [0.3, 0.4) is 0 Å². The van der Waals surface area contributed by atoms with Crippen LogP contribution in [0.1, 0.15) is 24.8 Å². The number of benzene rings is 2. The molecule has 0 aliphatic carbocycles. The zero-order valence-corrected chi connectivity index (χ0v) is 21.1. The van der Waals surface area contributed by atoms with Gasteiger partial charge >= 0.3 is 5.69 Å². The van der Waals surface area contributed by atoms with E-state index in [1.54, 1.807) is 10.8 Å². The third-order valence-corrected chi connectivity index (χ3v) is 5.86. The number of hydrogen-bond acceptors (Lipinski definition) is 6. The molecule has 0 bridgehead atoms. The Hall–Kier alpha value is -4.64. The van der Waals surface area contributed by atoms with Crippen molar-refractivity contribution < 1.29 is 4.74 Å². The van der Waals surface area contributed by atoms with Crippen LogP contribution in [0.2, 0.25) is 0 Å². The summed E-state index contributed by atoms with van der Waals surface area (Å²) in [7, 11) is 0. The molecule has 0 radical (unpaired) electrons. The molecule has 9 N–H and O–H groups in total. The van der Waals surface area contributed by atoms with Crippen LogP contribution in [0, 0.1) is 5.41 Å². The molecule has 11 nitrogen and oxygen atoms in total. The quantitative estimate of drug-likeness (QED) is 0.0894. The Kier molecular flexibility index (Phi) is 8.73. The van der Waals surface area contributed by atoms with Gasteiger partial charge in [-0.25, -0.2) is 4.79 Å². The van der Waals surface area contributed by atoms with Crippen molar-refractivity contribution in [2.45, 2.75) is 25.8 Å². The van der Waals surface area contributed by atoms with E-state index in [2.05, 4.69) is 20.3 Å². The summed E-state index contributed by atoms with van der Waals surface area (Å²) in [6.07, 6.45) is 3.82. The average Bonchev–Trinajstić information content (AvgIpc) is 3.31. The van der Waals surface area contributed by atoms with E-state index in [9.17, 15) is 4.79 Å². The van der Waals surface area contributed by atoms with Crippen LogP contribution in [0.25, 0.3) is 28.0 Å². The maximum Gasteiger partial charge on any atom is 0.354 e. The fraction of sp³-hybridized carbons (Fsp3) is 0.259. The first-order valence-corrected chi connectivity index (χ1v) is 12.4. The lowest BCUT2D eigenvalue weighted by Crippen LogP contribution is -2.23. The van der Waals surface area contributed by atoms with E-state index >= 15 is 0 Å². The van der Waals surface area contributed by atoms with Gasteiger partial charge in [-0.15, -0.1) is 0 Å². The van der Waals surface area contributed by atoms with Gasteiger partial charge in [0.05, 0.1) is 18.1 Å². The number of nitrogens with one attached hydrogen (secondary N) is 3. The number of hydrogen-bond donors (Lipinski definition) is 6. The minimum Gasteiger partial charge on any atom is -0.494 e. The van der Waals surface area contributed by atoms with Crippen molar-refractivity contribution >= 4 is 22.8 Å². The van der Waals surface area contributed by atoms with Gasteiger partial charge in [0, 0.05) is 42.4 Å². The smallest absolute Gasteiger partial charge is 0.354 e. The molecule has 0 aliphatic heterocycles. The maximum absolute atomic E-state index is 12.8. The van der Waals surface area contributed by atoms with Crippen molar-refractivity contribution in [1.29, 1.82) is 5.41 Å². The number of guanidine groups is 1. The van der Waals surface area contributed by atoms with Gasteiger partial charge in [-0.3, -0.25) is 15.0 Å². The number of aromatic nitrogens is 3. The molecule has 2 aromatic heterocycles. The summed E-state index contributed by atoms with van der Waals surface area (Å²) in [6.45, 7) is 2.57. The van der Waals surface area contributed by atoms with Gasteiger partial charge in [-0.1, -0.05) is 24.3 Å². The topological polar surface area (TPSA) is 186 Å². The molecule has 198 valence electrons. The number of aromatic amines is 1. The number of fused-ring (bicyclic) bond motifs is 1. The van der Waals surface area contributed by atoms with E-state index in [4.69, 9.17) is 27.3 Å². The Morgan fingerprint density at radius 1 is 1.11 bits per heavy atom. The zero-order valence-electron chi connectivity index (χ0n) is 21.1. The molecule has 11 heteroatoms. The predicted molar refractivity (Wildman–Crippen MR) is 151 cm³/mol. The largest absolute Gasteiger partial charge is 0.494 e. The number of rotatable bonds is 13. The van der Waals surface area contributed by atoms with Crippen molar-refractivity contribution in [3.05, 3.63) is 76.8 Å². The van der Waals surface area contributed by atoms with Crippen LogP contribution in [-0.2, 0) is 6.54 Å². The number of H-pyrrole nitrogens is 1. The number of aliphatic imine (C=N–C) groups is 1. The van der Waals surface area contributed by atoms with Crippen LogP contribution >= 0.6 is 0 Å². The first kappa shape index (κ1) is 26.4. The molecule has 0 saturated carbocycles. The fourth-order valence-corrected chi connectivity index (χ4v) is 3.96. The number of nitrogens with zero attached hydrogens (tertiary/aromatic N) is 3. The van der Waals surface area contributed by atoms with E-state index < -0.39 is 0 Å². The lowest BCUT2D eigenvalue weighted by atomic mass is 10.1. The second-order valence-corrected chi connectivity index (χ2v) is 8.89. The summed E-state index contributed by atoms with van der Waals surface area (Å²) in [6, 6.07) is 17.4. The lowest BCUT2D eigenvalue weighted by molar-refractivity contribution is 0.313. The first-order chi connectivity index (χ1) is 18.4. The van der Waals surface area contributed by atoms with Crippen LogP contribution in [-0.4, -0.2) is 46.0 Å². The highest BCUT2D eigenvalue weighted by Gasteiger charge is 2.10. The molecule has 0 aliphatic rings. The second kappa shape index (κ2) is 12.5. The second-order valence-electron chi connectivity index (χ2n) is 8.89. The molecule has 0 fully saturated rings. The van der Waals surface area contributed by atoms with Crippen molar-refractivity contribution in [3.8, 4) is 22.7 Å². The Morgan fingerprint density at radius 3 is 2.68 bits per heavy atom. The minimum atomic E-state index is -0.362. The summed E-state index contributed by atoms with van der Waals surface area (Å²) in [5, 5.41) is 11.5. The van der Waals surface area contributed by atoms with E-state index in [1.807, 2.05) is 54.6 Å². The van der Waals surface area contributed by atoms with E-state index in [0.29, 0.717) is 38.2 Å². The van der Waals surface area contributed by atoms with Gasteiger partial charge in [-0.05, 0) is 55.3 Å². The molecular weight excluding hydrogens is 482 g/mol. The molecule has 2 aromatic carbocycles. The Morgan fingerprint density at radius 2 is 1.92 bits per heavy atom. The van der Waals surface area contributed by atoms with Gasteiger partial charge in [0.1, 0.15) is 11.4 Å². The monoisotopic (exact) mass is 515 g/mol. The summed E-state index contributed by atoms with van der Waals surface area (Å²) < 4.78 is 7.34. The van der Waals surface area contributed by atoms with Crippen molar-refractivity contribution in [3.63, 3.8) is 0 Å². The predicted octanol–water partition coefficient (Wildman–Crippen LogP) is 2.23. The minimum absolute atomic E-state index is 0.108. The van der Waals surface area contributed by atoms with Gasteiger partial charge in [-0.2, -0.15) is 4.98 Å². The molecule has 4 rings (SSSR count). The lowest BCUT2D eigenvalue weighted by Gasteiger charge is -2.08. The molecule has 0 atom stereocenters. The van der Waals surface area contributed by atoms with Gasteiger partial charge < -0.3 is 32.2 Å². The maximum atomic E-state index is 12.8. The van der Waals surface area contributed by atoms with Crippen LogP contribution in [0.5, 0.6) is 5.75 Å². The molecule has 2 heterocycles. The van der Waals surface area contributed by atoms with E-state index in [0.717, 1.165) is 46.6 Å². The summed E-state index contributed by atoms with van der Waals surface area (Å²) in [5.74, 6) is 0.987. The van der Waals surface area contributed by atoms with Crippen LogP contribution < -0.4 is 32.9 Å². The standard InChI is InChI=1S/C27H33N9O2/c28-24(29)6-2-13-38-22-5-1-4-19(14-22)23-15-20-17-36(27(37)35-25(20)34-23)21-9-7-18(8-10-21)16-32-11-3-12-33-26(30)31/h1,4-5,7-10,14-15,17,32H,2-3,6,11-13,16H2,(H3,28,29)(H4,30,31,33)(H,34,35,37). The van der Waals surface area contributed by atoms with Crippen molar-refractivity contribution in [2.24, 2.45) is 22.2 Å². The van der Waals surface area contributed by atoms with E-state index in [1.165, 1.54) is 0 Å². The SMILES string of the molecule is N=C(N)CCCOc1cccc(-c2cc3cn(-c4ccc(CNCCCN=C(N)N)cc4)c(=O)nc3[nH]2)c1. The van der Waals surface area contributed by atoms with Crippen molar-refractivity contribution in [2.75, 3.05) is 19.7 Å². The Bertz CT molecular complexity index is 1470. The van der Waals surface area contributed by atoms with Gasteiger partial charge in [0.15, 0.2) is 5.96 Å². The highest BCUT2D eigenvalue weighted by atomic mass is 16.5. The van der Waals surface area contributed by atoms with Crippen molar-refractivity contribution in [1.82, 2.24) is 19.9 Å². The average molecular weight is 516 g/mol. The Balaban J connectivity index is 1.43. The fourth-order valence-electron chi connectivity index (χ4n) is 3.96. The summed E-state index contributed by atoms with van der Waals surface area (Å²) in [5.41, 5.74) is 19.8. The number of amidine groups is 1. The Labute approximate surface area is 220 Å². The zero-order chi connectivity index (χ0) is 26.9. The molecule has 0 saturated heterocycles. The normalized spacial score (nSPS) is 10.9. The molecule has 0 unspecified atom stereocenters. The van der Waals surface area contributed by atoms with Crippen LogP contribution in [0.4, 0.5) is 0 Å².